The number of rotatable bonds is 11. The summed E-state index contributed by atoms with van der Waals surface area (Å²) < 4.78 is 5.24. The number of amides is 2. The molecular weight excluding hydrogens is 428 g/mol. The number of carbonyl (C=O) groups is 2. The second-order valence-electron chi connectivity index (χ2n) is 9.87. The topological polar surface area (TPSA) is 97.0 Å². The highest BCUT2D eigenvalue weighted by atomic mass is 16.6. The molecule has 0 fully saturated rings. The monoisotopic (exact) mass is 470 g/mol. The molecule has 1 heterocycles. The molecule has 1 aromatic carbocycles. The Morgan fingerprint density at radius 2 is 1.82 bits per heavy atom. The molecule has 2 amide bonds. The normalized spacial score (nSPS) is 13.3. The standard InChI is InChI=1S/C27H42N4O3/c1-6-15-31(16-7-2)25(32)22-18-21-13-12-20(17-23(21)30-24(28)19-22)11-9-8-10-14-29-26(33)34-27(3,4)5/h12-13,17-18H,6-11,14-16,19H2,1-5H3,(H2,28,30)(H,29,33). The van der Waals surface area contributed by atoms with Crippen LogP contribution in [-0.4, -0.2) is 48.0 Å². The van der Waals surface area contributed by atoms with Crippen LogP contribution in [0, 0.1) is 0 Å². The maximum absolute atomic E-state index is 13.1. The van der Waals surface area contributed by atoms with Crippen molar-refractivity contribution in [3.8, 4) is 0 Å². The van der Waals surface area contributed by atoms with Crippen molar-refractivity contribution in [2.45, 2.75) is 85.2 Å². The number of nitrogens with two attached hydrogens (primary N) is 1. The summed E-state index contributed by atoms with van der Waals surface area (Å²) in [5.41, 5.74) is 9.36. The molecule has 0 saturated carbocycles. The van der Waals surface area contributed by atoms with Crippen molar-refractivity contribution < 1.29 is 14.3 Å². The van der Waals surface area contributed by atoms with Crippen molar-refractivity contribution >= 4 is 29.6 Å². The Kier molecular flexibility index (Phi) is 10.6. The van der Waals surface area contributed by atoms with E-state index in [0.29, 0.717) is 24.4 Å². The van der Waals surface area contributed by atoms with E-state index in [2.05, 4.69) is 36.3 Å². The lowest BCUT2D eigenvalue weighted by Crippen LogP contribution is -2.34. The van der Waals surface area contributed by atoms with Crippen LogP contribution in [0.25, 0.3) is 6.08 Å². The average molecular weight is 471 g/mol. The molecule has 34 heavy (non-hydrogen) atoms. The van der Waals surface area contributed by atoms with Crippen LogP contribution >= 0.6 is 0 Å². The smallest absolute Gasteiger partial charge is 0.407 e. The van der Waals surface area contributed by atoms with Crippen LogP contribution < -0.4 is 11.1 Å². The third kappa shape index (κ3) is 9.20. The van der Waals surface area contributed by atoms with Gasteiger partial charge in [0.1, 0.15) is 11.4 Å². The van der Waals surface area contributed by atoms with E-state index in [-0.39, 0.29) is 12.0 Å². The number of hydrogen-bond donors (Lipinski definition) is 2. The Bertz CT molecular complexity index is 894. The van der Waals surface area contributed by atoms with Gasteiger partial charge in [-0.3, -0.25) is 4.79 Å². The molecule has 1 aromatic rings. The summed E-state index contributed by atoms with van der Waals surface area (Å²) in [7, 11) is 0. The van der Waals surface area contributed by atoms with Gasteiger partial charge in [0, 0.05) is 37.2 Å². The minimum atomic E-state index is -0.477. The lowest BCUT2D eigenvalue weighted by molar-refractivity contribution is -0.127. The first-order chi connectivity index (χ1) is 16.1. The predicted octanol–water partition coefficient (Wildman–Crippen LogP) is 5.35. The van der Waals surface area contributed by atoms with E-state index in [4.69, 9.17) is 10.5 Å². The average Bonchev–Trinajstić information content (AvgIpc) is 2.91. The minimum absolute atomic E-state index is 0.0544. The zero-order valence-electron chi connectivity index (χ0n) is 21.6. The van der Waals surface area contributed by atoms with E-state index in [0.717, 1.165) is 62.9 Å². The van der Waals surface area contributed by atoms with E-state index in [9.17, 15) is 9.59 Å². The third-order valence-electron chi connectivity index (χ3n) is 5.42. The number of aliphatic imine (C=N–C) groups is 1. The molecule has 2 rings (SSSR count). The zero-order valence-corrected chi connectivity index (χ0v) is 21.6. The second-order valence-corrected chi connectivity index (χ2v) is 9.87. The van der Waals surface area contributed by atoms with Gasteiger partial charge in [0.05, 0.1) is 5.69 Å². The number of alkyl carbamates (subject to hydrolysis) is 1. The van der Waals surface area contributed by atoms with Gasteiger partial charge in [-0.25, -0.2) is 9.79 Å². The van der Waals surface area contributed by atoms with E-state index >= 15 is 0 Å². The molecule has 0 aromatic heterocycles. The van der Waals surface area contributed by atoms with Gasteiger partial charge in [0.25, 0.3) is 0 Å². The molecule has 1 aliphatic heterocycles. The summed E-state index contributed by atoms with van der Waals surface area (Å²) in [4.78, 5) is 31.3. The van der Waals surface area contributed by atoms with Crippen molar-refractivity contribution in [3.05, 3.63) is 34.9 Å². The van der Waals surface area contributed by atoms with Crippen molar-refractivity contribution in [1.29, 1.82) is 0 Å². The van der Waals surface area contributed by atoms with Gasteiger partial charge >= 0.3 is 6.09 Å². The van der Waals surface area contributed by atoms with Crippen LogP contribution in [0.3, 0.4) is 0 Å². The molecule has 7 heteroatoms. The van der Waals surface area contributed by atoms with Crippen LogP contribution in [0.15, 0.2) is 28.8 Å². The quantitative estimate of drug-likeness (QED) is 0.426. The van der Waals surface area contributed by atoms with Crippen LogP contribution in [0.4, 0.5) is 10.5 Å². The highest BCUT2D eigenvalue weighted by molar-refractivity contribution is 6.05. The van der Waals surface area contributed by atoms with Gasteiger partial charge in [0.15, 0.2) is 0 Å². The summed E-state index contributed by atoms with van der Waals surface area (Å²) in [5, 5.41) is 2.80. The molecule has 0 bridgehead atoms. The Morgan fingerprint density at radius 3 is 2.47 bits per heavy atom. The van der Waals surface area contributed by atoms with Crippen LogP contribution in [-0.2, 0) is 16.0 Å². The van der Waals surface area contributed by atoms with Crippen molar-refractivity contribution in [1.82, 2.24) is 10.2 Å². The Morgan fingerprint density at radius 1 is 1.12 bits per heavy atom. The Labute approximate surface area is 204 Å². The fourth-order valence-electron chi connectivity index (χ4n) is 3.92. The van der Waals surface area contributed by atoms with Gasteiger partial charge in [-0.15, -0.1) is 0 Å². The molecule has 0 atom stereocenters. The van der Waals surface area contributed by atoms with Crippen molar-refractivity contribution in [2.24, 2.45) is 10.7 Å². The summed E-state index contributed by atoms with van der Waals surface area (Å²) in [6.07, 6.45) is 7.65. The molecule has 0 radical (unpaired) electrons. The molecule has 0 aliphatic carbocycles. The number of ether oxygens (including phenoxy) is 1. The Balaban J connectivity index is 1.93. The summed E-state index contributed by atoms with van der Waals surface area (Å²) in [6, 6.07) is 6.21. The Hall–Kier alpha value is -2.83. The lowest BCUT2D eigenvalue weighted by Gasteiger charge is -2.22. The molecule has 7 nitrogen and oxygen atoms in total. The van der Waals surface area contributed by atoms with E-state index in [1.807, 2.05) is 37.8 Å². The minimum Gasteiger partial charge on any atom is -0.444 e. The molecule has 0 unspecified atom stereocenters. The van der Waals surface area contributed by atoms with Gasteiger partial charge < -0.3 is 20.7 Å². The van der Waals surface area contributed by atoms with Crippen LogP contribution in [0.1, 0.15) is 84.3 Å². The maximum atomic E-state index is 13.1. The molecule has 3 N–H and O–H groups in total. The highest BCUT2D eigenvalue weighted by Gasteiger charge is 2.21. The molecular formula is C27H42N4O3. The molecule has 0 spiro atoms. The van der Waals surface area contributed by atoms with Crippen LogP contribution in [0.5, 0.6) is 0 Å². The van der Waals surface area contributed by atoms with Crippen LogP contribution in [0.2, 0.25) is 0 Å². The number of hydrogen-bond acceptors (Lipinski definition) is 5. The summed E-state index contributed by atoms with van der Waals surface area (Å²) in [5.74, 6) is 0.524. The number of amidine groups is 1. The fraction of sp³-hybridized carbons (Fsp3) is 0.593. The third-order valence-corrected chi connectivity index (χ3v) is 5.42. The van der Waals surface area contributed by atoms with Gasteiger partial charge in [-0.05, 0) is 70.6 Å². The van der Waals surface area contributed by atoms with Gasteiger partial charge in [0.2, 0.25) is 5.91 Å². The number of fused-ring (bicyclic) bond motifs is 1. The molecule has 188 valence electrons. The van der Waals surface area contributed by atoms with Gasteiger partial charge in [-0.1, -0.05) is 32.4 Å². The highest BCUT2D eigenvalue weighted by Crippen LogP contribution is 2.29. The summed E-state index contributed by atoms with van der Waals surface area (Å²) >= 11 is 0. The molecule has 1 aliphatic rings. The maximum Gasteiger partial charge on any atom is 0.407 e. The molecule has 0 saturated heterocycles. The van der Waals surface area contributed by atoms with Crippen molar-refractivity contribution in [3.63, 3.8) is 0 Å². The number of aryl methyl sites for hydroxylation is 1. The number of benzene rings is 1. The van der Waals surface area contributed by atoms with E-state index < -0.39 is 5.60 Å². The summed E-state index contributed by atoms with van der Waals surface area (Å²) in [6.45, 7) is 11.8. The number of unbranched alkanes of at least 4 members (excludes halogenated alkanes) is 2. The van der Waals surface area contributed by atoms with Gasteiger partial charge in [-0.2, -0.15) is 0 Å². The first kappa shape index (κ1) is 27.4. The predicted molar refractivity (Wildman–Crippen MR) is 139 cm³/mol. The zero-order chi connectivity index (χ0) is 25.1. The number of nitrogens with one attached hydrogen (secondary N) is 1. The number of carbonyl (C=O) groups excluding carboxylic acids is 2. The fourth-order valence-corrected chi connectivity index (χ4v) is 3.92. The van der Waals surface area contributed by atoms with Crippen molar-refractivity contribution in [2.75, 3.05) is 19.6 Å². The second kappa shape index (κ2) is 13.2. The first-order valence-corrected chi connectivity index (χ1v) is 12.6. The lowest BCUT2D eigenvalue weighted by atomic mass is 10.0. The van der Waals surface area contributed by atoms with E-state index in [1.54, 1.807) is 0 Å². The van der Waals surface area contributed by atoms with E-state index in [1.165, 1.54) is 5.56 Å². The number of nitrogens with zero attached hydrogens (tertiary/aromatic N) is 2. The largest absolute Gasteiger partial charge is 0.444 e. The first-order valence-electron chi connectivity index (χ1n) is 12.6. The SMILES string of the molecule is CCCN(CCC)C(=O)C1=Cc2ccc(CCCCCNC(=O)OC(C)(C)C)cc2N=C(N)C1.